The molecule has 0 aliphatic carbocycles. The highest BCUT2D eigenvalue weighted by Crippen LogP contribution is 2.48. The number of halogens is 2. The fourth-order valence-corrected chi connectivity index (χ4v) is 6.24. The number of methoxy groups -OCH3 is 3. The molecule has 0 bridgehead atoms. The van der Waals surface area contributed by atoms with Crippen LogP contribution in [0.25, 0.3) is 0 Å². The summed E-state index contributed by atoms with van der Waals surface area (Å²) < 4.78 is 63.5. The fraction of sp³-hybridized carbons (Fsp3) is 0.625. The Kier molecular flexibility index (Phi) is 11.3. The van der Waals surface area contributed by atoms with E-state index in [0.29, 0.717) is 18.1 Å². The Labute approximate surface area is 261 Å². The Hall–Kier alpha value is -1.60. The Morgan fingerprint density at radius 2 is 1.56 bits per heavy atom. The van der Waals surface area contributed by atoms with Gasteiger partial charge in [-0.25, -0.2) is 4.39 Å². The Morgan fingerprint density at radius 3 is 2.16 bits per heavy atom. The molecule has 43 heavy (non-hydrogen) atoms. The maximum atomic E-state index is 16.2. The minimum absolute atomic E-state index is 0.0191. The zero-order valence-corrected chi connectivity index (χ0v) is 28.2. The molecule has 11 heteroatoms. The molecular formula is C32H46ClFO8Si. The molecule has 0 N–H and O–H groups in total. The first-order valence-electron chi connectivity index (χ1n) is 14.7. The molecule has 0 amide bonds. The van der Waals surface area contributed by atoms with Gasteiger partial charge in [-0.15, -0.1) is 0 Å². The maximum Gasteiger partial charge on any atom is 0.220 e. The number of rotatable bonds is 13. The Balaban J connectivity index is 1.59. The van der Waals surface area contributed by atoms with Crippen LogP contribution < -0.4 is 4.74 Å². The van der Waals surface area contributed by atoms with Crippen molar-refractivity contribution in [2.75, 3.05) is 41.3 Å². The van der Waals surface area contributed by atoms with E-state index in [1.807, 2.05) is 42.5 Å². The number of fused-ring (bicyclic) bond motifs is 1. The van der Waals surface area contributed by atoms with Crippen molar-refractivity contribution in [3.05, 3.63) is 64.2 Å². The average molecular weight is 641 g/mol. The van der Waals surface area contributed by atoms with E-state index in [0.717, 1.165) is 28.5 Å². The van der Waals surface area contributed by atoms with E-state index in [1.165, 1.54) is 14.2 Å². The van der Waals surface area contributed by atoms with Crippen molar-refractivity contribution in [3.8, 4) is 5.75 Å². The van der Waals surface area contributed by atoms with Gasteiger partial charge < -0.3 is 37.9 Å². The molecule has 2 aliphatic heterocycles. The van der Waals surface area contributed by atoms with E-state index < -0.39 is 50.2 Å². The minimum Gasteiger partial charge on any atom is -0.497 e. The number of ether oxygens (including phenoxy) is 8. The van der Waals surface area contributed by atoms with Gasteiger partial charge in [-0.05, 0) is 61.2 Å². The van der Waals surface area contributed by atoms with Gasteiger partial charge in [0.15, 0.2) is 6.17 Å². The number of hydrogen-bond acceptors (Lipinski definition) is 8. The van der Waals surface area contributed by atoms with E-state index in [1.54, 1.807) is 21.0 Å². The molecule has 2 aliphatic rings. The second kappa shape index (κ2) is 14.2. The smallest absolute Gasteiger partial charge is 0.220 e. The van der Waals surface area contributed by atoms with Crippen molar-refractivity contribution in [2.45, 2.75) is 88.1 Å². The van der Waals surface area contributed by atoms with Crippen LogP contribution in [0.3, 0.4) is 0 Å². The average Bonchev–Trinajstić information content (AvgIpc) is 2.98. The lowest BCUT2D eigenvalue weighted by molar-refractivity contribution is -0.470. The van der Waals surface area contributed by atoms with Crippen molar-refractivity contribution in [1.29, 1.82) is 0 Å². The summed E-state index contributed by atoms with van der Waals surface area (Å²) in [6.45, 7) is 10.9. The van der Waals surface area contributed by atoms with E-state index in [2.05, 4.69) is 19.6 Å². The van der Waals surface area contributed by atoms with Gasteiger partial charge in [0.05, 0.1) is 13.7 Å². The molecule has 0 unspecified atom stereocenters. The van der Waals surface area contributed by atoms with Crippen molar-refractivity contribution >= 4 is 19.7 Å². The summed E-state index contributed by atoms with van der Waals surface area (Å²) >= 11 is 6.65. The highest BCUT2D eigenvalue weighted by molar-refractivity contribution is 6.76. The topological polar surface area (TPSA) is 73.8 Å². The first-order valence-corrected chi connectivity index (χ1v) is 18.7. The Morgan fingerprint density at radius 1 is 0.907 bits per heavy atom. The number of benzene rings is 2. The molecule has 8 nitrogen and oxygen atoms in total. The van der Waals surface area contributed by atoms with Gasteiger partial charge in [0.1, 0.15) is 37.0 Å². The predicted molar refractivity (Wildman–Crippen MR) is 165 cm³/mol. The van der Waals surface area contributed by atoms with E-state index in [4.69, 9.17) is 49.5 Å². The molecule has 0 radical (unpaired) electrons. The van der Waals surface area contributed by atoms with E-state index in [9.17, 15) is 0 Å². The standard InChI is InChI=1S/C32H46ClFO8Si/c1-31(36-4)32(2,37-5)42-30-28(22-11-14-25(33)23(18-22)17-21-9-12-24(35-3)13-10-21)40-26(27(34)29(30)41-31)19-39-20-38-15-16-43(6,7)8/h9-14,18,26-30H,15-17,19-20H2,1-8H3/t26-,27+,28+,29+,30+,31-,32-/m1/s1. The van der Waals surface area contributed by atoms with Crippen LogP contribution in [0.15, 0.2) is 42.5 Å². The van der Waals surface area contributed by atoms with Crippen molar-refractivity contribution in [1.82, 2.24) is 0 Å². The van der Waals surface area contributed by atoms with E-state index in [-0.39, 0.29) is 13.4 Å². The second-order valence-corrected chi connectivity index (χ2v) is 18.6. The molecule has 2 aromatic carbocycles. The third-order valence-electron chi connectivity index (χ3n) is 8.34. The molecule has 4 rings (SSSR count). The monoisotopic (exact) mass is 640 g/mol. The summed E-state index contributed by atoms with van der Waals surface area (Å²) in [5.41, 5.74) is 2.73. The zero-order chi connectivity index (χ0) is 31.4. The highest BCUT2D eigenvalue weighted by atomic mass is 35.5. The number of alkyl halides is 1. The van der Waals surface area contributed by atoms with E-state index >= 15 is 4.39 Å². The quantitative estimate of drug-likeness (QED) is 0.139. The fourth-order valence-electron chi connectivity index (χ4n) is 5.30. The van der Waals surface area contributed by atoms with Crippen LogP contribution in [0.5, 0.6) is 5.75 Å². The van der Waals surface area contributed by atoms with Crippen LogP contribution in [0.2, 0.25) is 30.7 Å². The molecule has 0 spiro atoms. The normalized spacial score (nSPS) is 31.1. The van der Waals surface area contributed by atoms with Gasteiger partial charge >= 0.3 is 0 Å². The van der Waals surface area contributed by atoms with Crippen LogP contribution in [0, 0.1) is 0 Å². The lowest BCUT2D eigenvalue weighted by Gasteiger charge is -2.56. The lowest BCUT2D eigenvalue weighted by atomic mass is 9.88. The largest absolute Gasteiger partial charge is 0.497 e. The molecule has 2 fully saturated rings. The lowest BCUT2D eigenvalue weighted by Crippen LogP contribution is -2.70. The van der Waals surface area contributed by atoms with Crippen LogP contribution in [0.4, 0.5) is 4.39 Å². The molecule has 2 aromatic rings. The third kappa shape index (κ3) is 7.98. The van der Waals surface area contributed by atoms with Gasteiger partial charge in [-0.3, -0.25) is 0 Å². The molecule has 2 heterocycles. The summed E-state index contributed by atoms with van der Waals surface area (Å²) in [5.74, 6) is -1.93. The highest BCUT2D eigenvalue weighted by Gasteiger charge is 2.62. The summed E-state index contributed by atoms with van der Waals surface area (Å²) in [5, 5.41) is 0.611. The molecule has 0 aromatic heterocycles. The summed E-state index contributed by atoms with van der Waals surface area (Å²) in [7, 11) is 3.38. The summed E-state index contributed by atoms with van der Waals surface area (Å²) in [6.07, 6.45) is -4.49. The molecule has 7 atom stereocenters. The SMILES string of the molecule is COc1ccc(Cc2cc([C@@H]3O[C@H](COCOCC[Si](C)(C)C)[C@H](F)[C@@H]4O[C@@](C)(OC)[C@](C)(OC)O[C@H]43)ccc2Cl)cc1. The first-order chi connectivity index (χ1) is 20.3. The molecule has 0 saturated carbocycles. The second-order valence-electron chi connectivity index (χ2n) is 12.6. The van der Waals surface area contributed by atoms with Crippen LogP contribution in [0.1, 0.15) is 36.6 Å². The van der Waals surface area contributed by atoms with Crippen LogP contribution in [-0.4, -0.2) is 85.5 Å². The van der Waals surface area contributed by atoms with Gasteiger partial charge in [-0.2, -0.15) is 0 Å². The maximum absolute atomic E-state index is 16.2. The zero-order valence-electron chi connectivity index (χ0n) is 26.5. The minimum atomic E-state index is -1.56. The Bertz CT molecular complexity index is 1200. The predicted octanol–water partition coefficient (Wildman–Crippen LogP) is 6.56. The van der Waals surface area contributed by atoms with Crippen molar-refractivity contribution in [3.63, 3.8) is 0 Å². The van der Waals surface area contributed by atoms with Gasteiger partial charge in [-0.1, -0.05) is 55.5 Å². The van der Waals surface area contributed by atoms with Crippen LogP contribution in [-0.2, 0) is 39.6 Å². The first kappa shape index (κ1) is 34.3. The van der Waals surface area contributed by atoms with Gasteiger partial charge in [0.25, 0.3) is 0 Å². The summed E-state index contributed by atoms with van der Waals surface area (Å²) in [6, 6.07) is 14.5. The van der Waals surface area contributed by atoms with Gasteiger partial charge in [0, 0.05) is 33.9 Å². The van der Waals surface area contributed by atoms with Crippen LogP contribution >= 0.6 is 11.6 Å². The molecule has 2 saturated heterocycles. The van der Waals surface area contributed by atoms with Crippen molar-refractivity contribution < 1.29 is 42.3 Å². The summed E-state index contributed by atoms with van der Waals surface area (Å²) in [4.78, 5) is 0. The molecule has 240 valence electrons. The number of hydrogen-bond donors (Lipinski definition) is 0. The molecular weight excluding hydrogens is 595 g/mol. The van der Waals surface area contributed by atoms with Gasteiger partial charge in [0.2, 0.25) is 11.6 Å². The third-order valence-corrected chi connectivity index (χ3v) is 10.4. The van der Waals surface area contributed by atoms with Crippen molar-refractivity contribution in [2.24, 2.45) is 0 Å².